The van der Waals surface area contributed by atoms with Crippen molar-refractivity contribution in [2.24, 2.45) is 0 Å². The van der Waals surface area contributed by atoms with Crippen molar-refractivity contribution in [2.45, 2.75) is 0 Å². The maximum Gasteiger partial charge on any atom is 0.254 e. The number of hydrogen-bond donors (Lipinski definition) is 0. The lowest BCUT2D eigenvalue weighted by molar-refractivity contribution is 0.476. The van der Waals surface area contributed by atoms with Crippen LogP contribution in [0, 0.1) is 0 Å². The van der Waals surface area contributed by atoms with E-state index in [0.29, 0.717) is 5.75 Å². The Bertz CT molecular complexity index is 379. The van der Waals surface area contributed by atoms with E-state index in [9.17, 15) is 0 Å². The van der Waals surface area contributed by atoms with Gasteiger partial charge in [0.2, 0.25) is 0 Å². The first kappa shape index (κ1) is 6.23. The Kier molecular flexibility index (Phi) is 1.29. The summed E-state index contributed by atoms with van der Waals surface area (Å²) in [5, 5.41) is 9.71. The van der Waals surface area contributed by atoms with Crippen LogP contribution in [0.15, 0.2) is 42.5 Å². The Morgan fingerprint density at radius 3 is 2.36 bits per heavy atom. The average Bonchev–Trinajstić information content (AvgIpc) is 2.04. The fourth-order valence-corrected chi connectivity index (χ4v) is 1.19. The second-order valence-corrected chi connectivity index (χ2v) is 2.56. The minimum Gasteiger partial charge on any atom is -0.593 e. The summed E-state index contributed by atoms with van der Waals surface area (Å²) in [5.74, 6) is 0.573. The van der Waals surface area contributed by atoms with Gasteiger partial charge in [-0.2, -0.15) is 0 Å². The molecule has 0 unspecified atom stereocenters. The largest absolute Gasteiger partial charge is 0.593 e. The van der Waals surface area contributed by atoms with E-state index in [-0.39, 0.29) is 0 Å². The minimum atomic E-state index is 0.573. The molecule has 0 heterocycles. The van der Waals surface area contributed by atoms with E-state index in [1.807, 2.05) is 36.4 Å². The summed E-state index contributed by atoms with van der Waals surface area (Å²) in [6, 6.07) is 13.7. The molecule has 0 fully saturated rings. The molecule has 0 saturated heterocycles. The molecule has 54 valence electrons. The van der Waals surface area contributed by atoms with Crippen LogP contribution in [0.25, 0.3) is 10.8 Å². The Hall–Kier alpha value is -1.50. The summed E-state index contributed by atoms with van der Waals surface area (Å²) in [5.41, 5.74) is 0. The molecule has 0 spiro atoms. The summed E-state index contributed by atoms with van der Waals surface area (Å²) in [6.07, 6.45) is 0. The van der Waals surface area contributed by atoms with Gasteiger partial charge in [-0.1, -0.05) is 24.3 Å². The van der Waals surface area contributed by atoms with Gasteiger partial charge in [0.05, 0.1) is 0 Å². The quantitative estimate of drug-likeness (QED) is 0.507. The van der Waals surface area contributed by atoms with Gasteiger partial charge in [0.25, 0.3) is 5.75 Å². The average molecular weight is 145 g/mol. The third-order valence-corrected chi connectivity index (χ3v) is 1.75. The van der Waals surface area contributed by atoms with E-state index in [0.717, 1.165) is 5.39 Å². The van der Waals surface area contributed by atoms with Gasteiger partial charge >= 0.3 is 0 Å². The number of benzene rings is 2. The molecule has 2 aromatic rings. The molecule has 1 heteroatoms. The molecule has 1 nitrogen and oxygen atoms in total. The van der Waals surface area contributed by atoms with Crippen LogP contribution in [0.1, 0.15) is 0 Å². The van der Waals surface area contributed by atoms with Crippen molar-refractivity contribution in [1.82, 2.24) is 0 Å². The zero-order valence-electron chi connectivity index (χ0n) is 6.04. The standard InChI is InChI=1S/C10H8O/c11-10-6-5-8-3-1-2-4-9(8)7-10/h1-7,11H/p+1. The van der Waals surface area contributed by atoms with Gasteiger partial charge in [0.15, 0.2) is 0 Å². The van der Waals surface area contributed by atoms with Crippen molar-refractivity contribution in [3.63, 3.8) is 0 Å². The van der Waals surface area contributed by atoms with Crippen LogP contribution in [0.3, 0.4) is 0 Å². The smallest absolute Gasteiger partial charge is 0.254 e. The minimum absolute atomic E-state index is 0.573. The Balaban J connectivity index is 2.83. The van der Waals surface area contributed by atoms with Crippen molar-refractivity contribution in [1.29, 1.82) is 0 Å². The van der Waals surface area contributed by atoms with Crippen LogP contribution in [0.5, 0.6) is 5.75 Å². The Morgan fingerprint density at radius 1 is 0.818 bits per heavy atom. The summed E-state index contributed by atoms with van der Waals surface area (Å²) in [4.78, 5) is 0. The van der Waals surface area contributed by atoms with Crippen LogP contribution in [-0.4, -0.2) is 5.11 Å². The topological polar surface area (TPSA) is 22.9 Å². The molecule has 0 radical (unpaired) electrons. The molecule has 0 aliphatic heterocycles. The first-order chi connectivity index (χ1) is 5.36. The van der Waals surface area contributed by atoms with Gasteiger partial charge in [-0.15, -0.1) is 0 Å². The third kappa shape index (κ3) is 1.05. The summed E-state index contributed by atoms with van der Waals surface area (Å²) in [7, 11) is 0. The highest BCUT2D eigenvalue weighted by atomic mass is 16.3. The molecule has 0 aromatic heterocycles. The molecule has 11 heavy (non-hydrogen) atoms. The van der Waals surface area contributed by atoms with Gasteiger partial charge in [-0.25, -0.2) is 0 Å². The zero-order chi connectivity index (χ0) is 7.68. The van der Waals surface area contributed by atoms with E-state index in [1.54, 1.807) is 0 Å². The molecular formula is C10H9O+. The highest BCUT2D eigenvalue weighted by Crippen LogP contribution is 2.18. The predicted molar refractivity (Wildman–Crippen MR) is 47.0 cm³/mol. The number of rotatable bonds is 0. The molecule has 0 saturated carbocycles. The van der Waals surface area contributed by atoms with Gasteiger partial charge < -0.3 is 5.11 Å². The highest BCUT2D eigenvalue weighted by molar-refractivity contribution is 5.83. The van der Waals surface area contributed by atoms with Crippen molar-refractivity contribution >= 4 is 10.8 Å². The Labute approximate surface area is 64.9 Å². The van der Waals surface area contributed by atoms with Crippen LogP contribution in [0.4, 0.5) is 0 Å². The van der Waals surface area contributed by atoms with Gasteiger partial charge in [0, 0.05) is 12.1 Å². The van der Waals surface area contributed by atoms with E-state index in [2.05, 4.69) is 6.07 Å². The normalized spacial score (nSPS) is 10.2. The predicted octanol–water partition coefficient (Wildman–Crippen LogP) is 2.28. The number of fused-ring (bicyclic) bond motifs is 1. The van der Waals surface area contributed by atoms with Crippen LogP contribution in [0.2, 0.25) is 0 Å². The van der Waals surface area contributed by atoms with Crippen molar-refractivity contribution in [2.75, 3.05) is 0 Å². The molecule has 0 atom stereocenters. The molecule has 2 N–H and O–H groups in total. The van der Waals surface area contributed by atoms with Crippen LogP contribution in [-0.2, 0) is 0 Å². The molecule has 2 aromatic carbocycles. The van der Waals surface area contributed by atoms with Crippen LogP contribution >= 0.6 is 0 Å². The Morgan fingerprint density at radius 2 is 1.55 bits per heavy atom. The number of hydrogen-bond acceptors (Lipinski definition) is 0. The maximum atomic E-state index is 7.38. The van der Waals surface area contributed by atoms with Gasteiger partial charge in [0.1, 0.15) is 0 Å². The molecule has 0 aliphatic carbocycles. The zero-order valence-corrected chi connectivity index (χ0v) is 6.04. The lowest BCUT2D eigenvalue weighted by Gasteiger charge is -1.93. The summed E-state index contributed by atoms with van der Waals surface area (Å²) < 4.78 is 0. The first-order valence-corrected chi connectivity index (χ1v) is 3.57. The van der Waals surface area contributed by atoms with Gasteiger partial charge in [-0.3, -0.25) is 0 Å². The lowest BCUT2D eigenvalue weighted by Crippen LogP contribution is -1.69. The van der Waals surface area contributed by atoms with Crippen molar-refractivity contribution < 1.29 is 5.11 Å². The molecule has 0 aliphatic rings. The first-order valence-electron chi connectivity index (χ1n) is 3.57. The fourth-order valence-electron chi connectivity index (χ4n) is 1.19. The SMILES string of the molecule is [OH2+]c1ccc2ccccc2c1. The second-order valence-electron chi connectivity index (χ2n) is 2.56. The van der Waals surface area contributed by atoms with E-state index >= 15 is 0 Å². The summed E-state index contributed by atoms with van der Waals surface area (Å²) in [6.45, 7) is 0. The van der Waals surface area contributed by atoms with Gasteiger partial charge in [-0.05, 0) is 16.8 Å². The molecule has 0 amide bonds. The molecular weight excluding hydrogens is 136 g/mol. The molecule has 0 bridgehead atoms. The molecule has 2 rings (SSSR count). The third-order valence-electron chi connectivity index (χ3n) is 1.75. The monoisotopic (exact) mass is 145 g/mol. The fraction of sp³-hybridized carbons (Fsp3) is 0. The van der Waals surface area contributed by atoms with Crippen molar-refractivity contribution in [3.8, 4) is 5.75 Å². The second kappa shape index (κ2) is 2.27. The van der Waals surface area contributed by atoms with E-state index in [4.69, 9.17) is 5.11 Å². The highest BCUT2D eigenvalue weighted by Gasteiger charge is 1.94. The van der Waals surface area contributed by atoms with Crippen molar-refractivity contribution in [3.05, 3.63) is 42.5 Å². The van der Waals surface area contributed by atoms with E-state index < -0.39 is 0 Å². The van der Waals surface area contributed by atoms with E-state index in [1.165, 1.54) is 5.39 Å². The summed E-state index contributed by atoms with van der Waals surface area (Å²) >= 11 is 0. The van der Waals surface area contributed by atoms with Crippen LogP contribution < -0.4 is 0 Å². The lowest BCUT2D eigenvalue weighted by atomic mass is 10.1. The maximum absolute atomic E-state index is 7.38.